The minimum Gasteiger partial charge on any atom is -0.355 e. The van der Waals surface area contributed by atoms with E-state index in [0.29, 0.717) is 24.0 Å². The molecule has 1 aromatic heterocycles. The van der Waals surface area contributed by atoms with Crippen molar-refractivity contribution in [1.82, 2.24) is 25.2 Å². The summed E-state index contributed by atoms with van der Waals surface area (Å²) in [5, 5.41) is 11.1. The quantitative estimate of drug-likeness (QED) is 0.719. The molecule has 0 bridgehead atoms. The molecule has 1 aromatic carbocycles. The second kappa shape index (κ2) is 9.65. The number of carbonyl (C=O) groups is 2. The molecule has 0 aliphatic heterocycles. The van der Waals surface area contributed by atoms with Crippen molar-refractivity contribution in [2.45, 2.75) is 39.7 Å². The first kappa shape index (κ1) is 19.6. The molecule has 0 unspecified atom stereocenters. The Morgan fingerprint density at radius 2 is 1.96 bits per heavy atom. The van der Waals surface area contributed by atoms with Crippen molar-refractivity contribution in [2.24, 2.45) is 0 Å². The van der Waals surface area contributed by atoms with Gasteiger partial charge in [-0.15, -0.1) is 5.10 Å². The van der Waals surface area contributed by atoms with E-state index in [2.05, 4.69) is 15.6 Å². The normalized spacial score (nSPS) is 10.7. The Kier molecular flexibility index (Phi) is 7.25. The maximum Gasteiger partial charge on any atom is 0.277 e. The van der Waals surface area contributed by atoms with Crippen LogP contribution in [0, 0.1) is 0 Å². The second-order valence-electron chi connectivity index (χ2n) is 6.05. The van der Waals surface area contributed by atoms with E-state index in [0.717, 1.165) is 12.8 Å². The summed E-state index contributed by atoms with van der Waals surface area (Å²) in [5.74, 6) is -0.350. The van der Waals surface area contributed by atoms with Crippen LogP contribution in [-0.4, -0.2) is 51.3 Å². The monoisotopic (exact) mass is 359 g/mol. The van der Waals surface area contributed by atoms with Gasteiger partial charge < -0.3 is 10.2 Å². The number of benzene rings is 1. The first-order chi connectivity index (χ1) is 12.6. The Morgan fingerprint density at radius 1 is 1.19 bits per heavy atom. The molecule has 0 saturated heterocycles. The number of aryl methyl sites for hydroxylation is 1. The van der Waals surface area contributed by atoms with Gasteiger partial charge in [-0.1, -0.05) is 31.2 Å². The van der Waals surface area contributed by atoms with Crippen LogP contribution in [0.1, 0.15) is 33.1 Å². The fourth-order valence-electron chi connectivity index (χ4n) is 2.58. The lowest BCUT2D eigenvalue weighted by Gasteiger charge is -2.21. The molecule has 2 amide bonds. The van der Waals surface area contributed by atoms with Crippen LogP contribution < -0.4 is 10.9 Å². The van der Waals surface area contributed by atoms with Gasteiger partial charge in [0.1, 0.15) is 5.52 Å². The van der Waals surface area contributed by atoms with Crippen LogP contribution in [0.3, 0.4) is 0 Å². The number of amides is 2. The number of hydrogen-bond acceptors (Lipinski definition) is 5. The number of nitrogens with one attached hydrogen (secondary N) is 1. The zero-order chi connectivity index (χ0) is 18.9. The lowest BCUT2D eigenvalue weighted by molar-refractivity contribution is -0.136. The summed E-state index contributed by atoms with van der Waals surface area (Å²) in [5.41, 5.74) is 0.256. The maximum atomic E-state index is 12.5. The molecule has 2 aromatic rings. The van der Waals surface area contributed by atoms with E-state index in [9.17, 15) is 14.4 Å². The van der Waals surface area contributed by atoms with Gasteiger partial charge >= 0.3 is 0 Å². The van der Waals surface area contributed by atoms with Gasteiger partial charge in [0, 0.05) is 19.5 Å². The summed E-state index contributed by atoms with van der Waals surface area (Å²) in [4.78, 5) is 38.3. The Balaban J connectivity index is 2.02. The molecule has 1 N–H and O–H groups in total. The Labute approximate surface area is 152 Å². The SMILES string of the molecule is CCCNC(=O)CN(CCC)C(=O)CCn1nnc2ccccc2c1=O. The molecule has 8 nitrogen and oxygen atoms in total. The third kappa shape index (κ3) is 5.11. The Morgan fingerprint density at radius 3 is 2.69 bits per heavy atom. The predicted molar refractivity (Wildman–Crippen MR) is 98.6 cm³/mol. The van der Waals surface area contributed by atoms with E-state index < -0.39 is 0 Å². The average molecular weight is 359 g/mol. The number of rotatable bonds is 9. The van der Waals surface area contributed by atoms with E-state index in [-0.39, 0.29) is 36.9 Å². The highest BCUT2D eigenvalue weighted by Crippen LogP contribution is 2.04. The van der Waals surface area contributed by atoms with Crippen LogP contribution in [-0.2, 0) is 16.1 Å². The van der Waals surface area contributed by atoms with Gasteiger partial charge in [0.2, 0.25) is 11.8 Å². The molecule has 140 valence electrons. The van der Waals surface area contributed by atoms with Crippen LogP contribution in [0.4, 0.5) is 0 Å². The first-order valence-electron chi connectivity index (χ1n) is 8.93. The zero-order valence-electron chi connectivity index (χ0n) is 15.3. The largest absolute Gasteiger partial charge is 0.355 e. The van der Waals surface area contributed by atoms with Gasteiger partial charge in [-0.2, -0.15) is 0 Å². The molecule has 0 fully saturated rings. The van der Waals surface area contributed by atoms with Crippen molar-refractivity contribution in [2.75, 3.05) is 19.6 Å². The van der Waals surface area contributed by atoms with Crippen LogP contribution in [0.5, 0.6) is 0 Å². The maximum absolute atomic E-state index is 12.5. The minimum absolute atomic E-state index is 0.0327. The zero-order valence-corrected chi connectivity index (χ0v) is 15.3. The molecule has 0 radical (unpaired) electrons. The number of fused-ring (bicyclic) bond motifs is 1. The highest BCUT2D eigenvalue weighted by Gasteiger charge is 2.17. The molecule has 1 heterocycles. The van der Waals surface area contributed by atoms with E-state index >= 15 is 0 Å². The van der Waals surface area contributed by atoms with E-state index in [4.69, 9.17) is 0 Å². The van der Waals surface area contributed by atoms with Crippen molar-refractivity contribution < 1.29 is 9.59 Å². The third-order valence-electron chi connectivity index (χ3n) is 3.92. The lowest BCUT2D eigenvalue weighted by atomic mass is 10.2. The molecular formula is C18H25N5O3. The molecule has 8 heteroatoms. The molecule has 2 rings (SSSR count). The highest BCUT2D eigenvalue weighted by molar-refractivity contribution is 5.84. The highest BCUT2D eigenvalue weighted by atomic mass is 16.2. The number of carbonyl (C=O) groups excluding carboxylic acids is 2. The second-order valence-corrected chi connectivity index (χ2v) is 6.05. The van der Waals surface area contributed by atoms with Crippen molar-refractivity contribution >= 4 is 22.7 Å². The van der Waals surface area contributed by atoms with Crippen LogP contribution >= 0.6 is 0 Å². The molecule has 0 atom stereocenters. The van der Waals surface area contributed by atoms with Gasteiger partial charge in [-0.25, -0.2) is 4.68 Å². The fourth-order valence-corrected chi connectivity index (χ4v) is 2.58. The van der Waals surface area contributed by atoms with Crippen molar-refractivity contribution in [1.29, 1.82) is 0 Å². The van der Waals surface area contributed by atoms with Crippen molar-refractivity contribution in [3.63, 3.8) is 0 Å². The third-order valence-corrected chi connectivity index (χ3v) is 3.92. The van der Waals surface area contributed by atoms with Crippen molar-refractivity contribution in [3.8, 4) is 0 Å². The van der Waals surface area contributed by atoms with Crippen LogP contribution in [0.25, 0.3) is 10.9 Å². The number of aromatic nitrogens is 3. The molecule has 26 heavy (non-hydrogen) atoms. The summed E-state index contributed by atoms with van der Waals surface area (Å²) in [6.07, 6.45) is 1.69. The Hall–Kier alpha value is -2.77. The van der Waals surface area contributed by atoms with E-state index in [1.165, 1.54) is 9.58 Å². The number of hydrogen-bond donors (Lipinski definition) is 1. The predicted octanol–water partition coefficient (Wildman–Crippen LogP) is 0.946. The van der Waals surface area contributed by atoms with E-state index in [1.807, 2.05) is 13.8 Å². The van der Waals surface area contributed by atoms with Crippen LogP contribution in [0.15, 0.2) is 29.1 Å². The number of nitrogens with zero attached hydrogens (tertiary/aromatic N) is 4. The van der Waals surface area contributed by atoms with Gasteiger partial charge in [-0.05, 0) is 25.0 Å². The Bertz CT molecular complexity index is 818. The lowest BCUT2D eigenvalue weighted by Crippen LogP contribution is -2.42. The summed E-state index contributed by atoms with van der Waals surface area (Å²) in [7, 11) is 0. The molecule has 0 aliphatic carbocycles. The molecule has 0 saturated carbocycles. The van der Waals surface area contributed by atoms with Gasteiger partial charge in [0.15, 0.2) is 0 Å². The van der Waals surface area contributed by atoms with Gasteiger partial charge in [0.05, 0.1) is 18.5 Å². The summed E-state index contributed by atoms with van der Waals surface area (Å²) >= 11 is 0. The van der Waals surface area contributed by atoms with Gasteiger partial charge in [0.25, 0.3) is 5.56 Å². The first-order valence-corrected chi connectivity index (χ1v) is 8.93. The molecular weight excluding hydrogens is 334 g/mol. The minimum atomic E-state index is -0.272. The molecule has 0 aliphatic rings. The van der Waals surface area contributed by atoms with E-state index in [1.54, 1.807) is 24.3 Å². The van der Waals surface area contributed by atoms with Crippen LogP contribution in [0.2, 0.25) is 0 Å². The topological polar surface area (TPSA) is 97.2 Å². The summed E-state index contributed by atoms with van der Waals surface area (Å²) < 4.78 is 1.20. The summed E-state index contributed by atoms with van der Waals surface area (Å²) in [6.45, 7) is 5.17. The fraction of sp³-hybridized carbons (Fsp3) is 0.500. The van der Waals surface area contributed by atoms with Gasteiger partial charge in [-0.3, -0.25) is 14.4 Å². The molecule has 0 spiro atoms. The standard InChI is InChI=1S/C18H25N5O3/c1-3-10-19-16(24)13-22(11-4-2)17(25)9-12-23-18(26)14-7-5-6-8-15(14)20-21-23/h5-8H,3-4,9-13H2,1-2H3,(H,19,24). The average Bonchev–Trinajstić information content (AvgIpc) is 2.65. The summed E-state index contributed by atoms with van der Waals surface area (Å²) in [6, 6.07) is 6.96. The van der Waals surface area contributed by atoms with Crippen molar-refractivity contribution in [3.05, 3.63) is 34.6 Å². The smallest absolute Gasteiger partial charge is 0.277 e.